The summed E-state index contributed by atoms with van der Waals surface area (Å²) >= 11 is 0. The first-order valence-electron chi connectivity index (χ1n) is 11.1. The van der Waals surface area contributed by atoms with Crippen molar-refractivity contribution < 1.29 is 13.9 Å². The van der Waals surface area contributed by atoms with E-state index < -0.39 is 0 Å². The summed E-state index contributed by atoms with van der Waals surface area (Å²) in [7, 11) is 3.25. The molecular weight excluding hydrogens is 426 g/mol. The molecule has 0 radical (unpaired) electrons. The fourth-order valence-corrected chi connectivity index (χ4v) is 4.18. The van der Waals surface area contributed by atoms with Gasteiger partial charge >= 0.3 is 0 Å². The largest absolute Gasteiger partial charge is 0.493 e. The van der Waals surface area contributed by atoms with Gasteiger partial charge in [0.15, 0.2) is 11.5 Å². The van der Waals surface area contributed by atoms with Crippen LogP contribution in [0.2, 0.25) is 0 Å². The van der Waals surface area contributed by atoms with Crippen LogP contribution in [-0.2, 0) is 13.0 Å². The summed E-state index contributed by atoms with van der Waals surface area (Å²) in [4.78, 5) is 4.58. The van der Waals surface area contributed by atoms with E-state index in [2.05, 4.69) is 4.98 Å². The lowest BCUT2D eigenvalue weighted by molar-refractivity contribution is 0.354. The van der Waals surface area contributed by atoms with Gasteiger partial charge in [-0.05, 0) is 29.7 Å². The van der Waals surface area contributed by atoms with Crippen LogP contribution in [0.5, 0.6) is 11.5 Å². The van der Waals surface area contributed by atoms with Crippen LogP contribution in [0.25, 0.3) is 33.6 Å². The summed E-state index contributed by atoms with van der Waals surface area (Å²) in [6, 6.07) is 25.9. The third-order valence-electron chi connectivity index (χ3n) is 5.92. The van der Waals surface area contributed by atoms with Crippen molar-refractivity contribution in [2.75, 3.05) is 14.2 Å². The number of ether oxygens (including phenoxy) is 2. The SMILES string of the molecule is COc1ccc(CCn2cnc3oc(-c4ccccc4)c(-c4ccccc4)c3c2=N)cc1OC. The molecule has 6 nitrogen and oxygen atoms in total. The van der Waals surface area contributed by atoms with E-state index in [9.17, 15) is 0 Å². The molecule has 0 aliphatic carbocycles. The minimum Gasteiger partial charge on any atom is -0.493 e. The summed E-state index contributed by atoms with van der Waals surface area (Å²) in [5, 5.41) is 9.74. The van der Waals surface area contributed by atoms with Gasteiger partial charge in [-0.15, -0.1) is 0 Å². The monoisotopic (exact) mass is 451 g/mol. The van der Waals surface area contributed by atoms with E-state index in [1.807, 2.05) is 83.4 Å². The molecule has 170 valence electrons. The lowest BCUT2D eigenvalue weighted by Crippen LogP contribution is -2.21. The summed E-state index contributed by atoms with van der Waals surface area (Å²) in [6.07, 6.45) is 2.40. The summed E-state index contributed by atoms with van der Waals surface area (Å²) in [5.74, 6) is 2.11. The molecule has 5 rings (SSSR count). The number of furan rings is 1. The number of nitrogens with one attached hydrogen (secondary N) is 1. The van der Waals surface area contributed by atoms with Gasteiger partial charge in [0.1, 0.15) is 17.6 Å². The first-order valence-corrected chi connectivity index (χ1v) is 11.1. The highest BCUT2D eigenvalue weighted by Gasteiger charge is 2.20. The quantitative estimate of drug-likeness (QED) is 0.344. The normalized spacial score (nSPS) is 11.0. The van der Waals surface area contributed by atoms with Gasteiger partial charge in [0.25, 0.3) is 0 Å². The Kier molecular flexibility index (Phi) is 5.87. The van der Waals surface area contributed by atoms with Crippen molar-refractivity contribution in [2.45, 2.75) is 13.0 Å². The van der Waals surface area contributed by atoms with Crippen LogP contribution < -0.4 is 15.0 Å². The second-order valence-corrected chi connectivity index (χ2v) is 7.94. The van der Waals surface area contributed by atoms with Crippen LogP contribution in [0.4, 0.5) is 0 Å². The van der Waals surface area contributed by atoms with Crippen LogP contribution in [0, 0.1) is 5.41 Å². The lowest BCUT2D eigenvalue weighted by atomic mass is 9.99. The number of benzene rings is 3. The molecule has 0 atom stereocenters. The molecule has 0 aliphatic rings. The number of hydrogen-bond acceptors (Lipinski definition) is 5. The van der Waals surface area contributed by atoms with E-state index in [0.717, 1.165) is 28.0 Å². The van der Waals surface area contributed by atoms with Crippen molar-refractivity contribution >= 4 is 11.1 Å². The predicted octanol–water partition coefficient (Wildman–Crippen LogP) is 5.70. The van der Waals surface area contributed by atoms with Crippen LogP contribution in [-0.4, -0.2) is 23.8 Å². The van der Waals surface area contributed by atoms with Crippen molar-refractivity contribution in [3.63, 3.8) is 0 Å². The fraction of sp³-hybridized carbons (Fsp3) is 0.143. The van der Waals surface area contributed by atoms with Crippen LogP contribution >= 0.6 is 0 Å². The number of hydrogen-bond donors (Lipinski definition) is 1. The number of nitrogens with zero attached hydrogens (tertiary/aromatic N) is 2. The first kappa shape index (κ1) is 21.5. The maximum absolute atomic E-state index is 9.03. The maximum Gasteiger partial charge on any atom is 0.232 e. The third-order valence-corrected chi connectivity index (χ3v) is 5.92. The molecule has 0 saturated heterocycles. The Balaban J connectivity index is 1.58. The molecule has 34 heavy (non-hydrogen) atoms. The van der Waals surface area contributed by atoms with E-state index in [1.54, 1.807) is 20.5 Å². The molecule has 0 aliphatic heterocycles. The van der Waals surface area contributed by atoms with Crippen LogP contribution in [0.3, 0.4) is 0 Å². The Morgan fingerprint density at radius 3 is 2.21 bits per heavy atom. The number of methoxy groups -OCH3 is 2. The Morgan fingerprint density at radius 1 is 0.853 bits per heavy atom. The van der Waals surface area contributed by atoms with Gasteiger partial charge < -0.3 is 18.5 Å². The van der Waals surface area contributed by atoms with Gasteiger partial charge in [0.05, 0.1) is 19.6 Å². The zero-order valence-corrected chi connectivity index (χ0v) is 19.1. The highest BCUT2D eigenvalue weighted by molar-refractivity contribution is 5.99. The number of fused-ring (bicyclic) bond motifs is 1. The van der Waals surface area contributed by atoms with Crippen molar-refractivity contribution in [2.24, 2.45) is 0 Å². The maximum atomic E-state index is 9.03. The van der Waals surface area contributed by atoms with Gasteiger partial charge in [-0.2, -0.15) is 0 Å². The number of rotatable bonds is 7. The van der Waals surface area contributed by atoms with E-state index in [-0.39, 0.29) is 0 Å². The standard InChI is InChI=1S/C28H25N3O3/c1-32-22-14-13-19(17-23(22)33-2)15-16-31-18-30-28-25(27(31)29)24(20-9-5-3-6-10-20)26(34-28)21-11-7-4-8-12-21/h3-14,17-18,29H,15-16H2,1-2H3. The minimum atomic E-state index is 0.371. The van der Waals surface area contributed by atoms with Crippen molar-refractivity contribution in [3.05, 3.63) is 96.2 Å². The molecule has 0 fully saturated rings. The summed E-state index contributed by atoms with van der Waals surface area (Å²) < 4.78 is 18.8. The second kappa shape index (κ2) is 9.27. The molecule has 3 aromatic carbocycles. The first-order chi connectivity index (χ1) is 16.7. The second-order valence-electron chi connectivity index (χ2n) is 7.94. The molecule has 0 amide bonds. The molecule has 5 aromatic rings. The van der Waals surface area contributed by atoms with Crippen molar-refractivity contribution in [1.29, 1.82) is 5.41 Å². The molecule has 0 unspecified atom stereocenters. The topological polar surface area (TPSA) is 73.3 Å². The van der Waals surface area contributed by atoms with Crippen LogP contribution in [0.1, 0.15) is 5.56 Å². The molecule has 0 bridgehead atoms. The number of aromatic nitrogens is 2. The summed E-state index contributed by atoms with van der Waals surface area (Å²) in [5.41, 5.74) is 4.76. The third kappa shape index (κ3) is 3.94. The Labute approximate surface area is 197 Å². The van der Waals surface area contributed by atoms with E-state index in [0.29, 0.717) is 41.1 Å². The smallest absolute Gasteiger partial charge is 0.232 e. The molecule has 2 aromatic heterocycles. The molecule has 2 heterocycles. The minimum absolute atomic E-state index is 0.371. The van der Waals surface area contributed by atoms with Gasteiger partial charge in [-0.1, -0.05) is 66.7 Å². The van der Waals surface area contributed by atoms with Crippen LogP contribution in [0.15, 0.2) is 89.6 Å². The van der Waals surface area contributed by atoms with Crippen molar-refractivity contribution in [1.82, 2.24) is 9.55 Å². The zero-order valence-electron chi connectivity index (χ0n) is 19.1. The summed E-state index contributed by atoms with van der Waals surface area (Å²) in [6.45, 7) is 0.595. The Hall–Kier alpha value is -4.32. The lowest BCUT2D eigenvalue weighted by Gasteiger charge is -2.11. The average molecular weight is 452 g/mol. The van der Waals surface area contributed by atoms with E-state index >= 15 is 0 Å². The van der Waals surface area contributed by atoms with E-state index in [1.165, 1.54) is 0 Å². The fourth-order valence-electron chi connectivity index (χ4n) is 4.18. The Bertz CT molecular complexity index is 1490. The molecule has 1 N–H and O–H groups in total. The average Bonchev–Trinajstić information content (AvgIpc) is 3.29. The van der Waals surface area contributed by atoms with Crippen molar-refractivity contribution in [3.8, 4) is 33.9 Å². The molecule has 0 spiro atoms. The molecule has 6 heteroatoms. The Morgan fingerprint density at radius 2 is 1.53 bits per heavy atom. The van der Waals surface area contributed by atoms with Gasteiger partial charge in [0.2, 0.25) is 5.71 Å². The zero-order chi connectivity index (χ0) is 23.5. The van der Waals surface area contributed by atoms with Gasteiger partial charge in [0, 0.05) is 17.7 Å². The highest BCUT2D eigenvalue weighted by atomic mass is 16.5. The van der Waals surface area contributed by atoms with Gasteiger partial charge in [-0.25, -0.2) is 4.98 Å². The number of aryl methyl sites for hydroxylation is 2. The predicted molar refractivity (Wildman–Crippen MR) is 132 cm³/mol. The molecular formula is C28H25N3O3. The highest BCUT2D eigenvalue weighted by Crippen LogP contribution is 2.38. The van der Waals surface area contributed by atoms with E-state index in [4.69, 9.17) is 19.3 Å². The molecule has 0 saturated carbocycles. The van der Waals surface area contributed by atoms with Gasteiger partial charge in [-0.3, -0.25) is 5.41 Å².